The third-order valence-corrected chi connectivity index (χ3v) is 3.88. The molecule has 0 atom stereocenters. The Kier molecular flexibility index (Phi) is 9.45. The maximum atomic E-state index is 11.3. The smallest absolute Gasteiger partial charge is 0.323 e. The van der Waals surface area contributed by atoms with Gasteiger partial charge in [0.25, 0.3) is 21.5 Å². The summed E-state index contributed by atoms with van der Waals surface area (Å²) in [4.78, 5) is 17.4. The summed E-state index contributed by atoms with van der Waals surface area (Å²) in [6.45, 7) is 12.9. The second kappa shape index (κ2) is 11.8. The molecule has 13 heteroatoms. The van der Waals surface area contributed by atoms with Crippen molar-refractivity contribution in [1.29, 1.82) is 10.5 Å². The Morgan fingerprint density at radius 3 is 1.87 bits per heavy atom. The van der Waals surface area contributed by atoms with Crippen LogP contribution in [0.4, 0.5) is 0 Å². The number of esters is 1. The minimum Gasteiger partial charge on any atom is -0.492 e. The zero-order chi connectivity index (χ0) is 23.4. The number of rotatable bonds is 9. The van der Waals surface area contributed by atoms with E-state index in [1.807, 2.05) is 0 Å². The first-order valence-electron chi connectivity index (χ1n) is 8.15. The van der Waals surface area contributed by atoms with Gasteiger partial charge in [0.2, 0.25) is 0 Å². The predicted molar refractivity (Wildman–Crippen MR) is 102 cm³/mol. The monoisotopic (exact) mass is 446 g/mol. The van der Waals surface area contributed by atoms with E-state index in [0.29, 0.717) is 0 Å². The van der Waals surface area contributed by atoms with Crippen molar-refractivity contribution in [2.45, 2.75) is 0 Å². The summed E-state index contributed by atoms with van der Waals surface area (Å²) in [6, 6.07) is 5.72. The van der Waals surface area contributed by atoms with Crippen molar-refractivity contribution >= 4 is 27.5 Å². The molecule has 1 aromatic carbocycles. The summed E-state index contributed by atoms with van der Waals surface area (Å²) < 4.78 is 45.2. The van der Waals surface area contributed by atoms with Gasteiger partial charge in [0.1, 0.15) is 31.3 Å². The molecule has 0 unspecified atom stereocenters. The van der Waals surface area contributed by atoms with Crippen LogP contribution in [0.3, 0.4) is 0 Å². The van der Waals surface area contributed by atoms with E-state index in [-0.39, 0.29) is 47.5 Å². The van der Waals surface area contributed by atoms with Gasteiger partial charge in [-0.15, -0.1) is 0 Å². The molecule has 0 aliphatic carbocycles. The van der Waals surface area contributed by atoms with Crippen LogP contribution in [0.25, 0.3) is 21.1 Å². The molecule has 1 aromatic rings. The minimum atomic E-state index is -4.55. The van der Waals surface area contributed by atoms with Crippen molar-refractivity contribution < 1.29 is 37.1 Å². The first kappa shape index (κ1) is 24.9. The molecule has 0 aliphatic heterocycles. The van der Waals surface area contributed by atoms with E-state index in [0.717, 1.165) is 0 Å². The maximum Gasteiger partial charge on any atom is 0.323 e. The van der Waals surface area contributed by atoms with Crippen molar-refractivity contribution in [3.63, 3.8) is 0 Å². The van der Waals surface area contributed by atoms with Crippen LogP contribution in [0.5, 0.6) is 11.5 Å². The second-order valence-electron chi connectivity index (χ2n) is 5.36. The van der Waals surface area contributed by atoms with Crippen LogP contribution in [0.1, 0.15) is 0 Å². The fraction of sp³-hybridized carbons (Fsp3) is 0.278. The standard InChI is InChI=1S/C18H14N4O8S/c1-21-14(9-19)12-8-17(29-5-6-30-18(24)11-31(25,26)27)13(15(10-20)22-2)7-16(12)28-4-3-23/h7-8,23H,3-6,11H2,(H,25,26,27)/b14-12-,15-13+. The number of carbonyl (C=O) groups excluding carboxylic acids is 1. The molecule has 0 radical (unpaired) electrons. The summed E-state index contributed by atoms with van der Waals surface area (Å²) in [7, 11) is -4.55. The normalized spacial score (nSPS) is 12.2. The lowest BCUT2D eigenvalue weighted by atomic mass is 10.1. The van der Waals surface area contributed by atoms with Gasteiger partial charge in [0.05, 0.1) is 31.9 Å². The quantitative estimate of drug-likeness (QED) is 0.206. The molecular formula is C18H14N4O8S. The maximum absolute atomic E-state index is 11.3. The van der Waals surface area contributed by atoms with Crippen LogP contribution in [-0.2, 0) is 19.6 Å². The molecule has 0 heterocycles. The zero-order valence-corrected chi connectivity index (χ0v) is 16.5. The lowest BCUT2D eigenvalue weighted by Crippen LogP contribution is -2.23. The van der Waals surface area contributed by atoms with Crippen LogP contribution < -0.4 is 19.9 Å². The van der Waals surface area contributed by atoms with E-state index in [4.69, 9.17) is 32.3 Å². The Labute approximate surface area is 176 Å². The van der Waals surface area contributed by atoms with E-state index in [1.165, 1.54) is 12.1 Å². The third-order valence-electron chi connectivity index (χ3n) is 3.28. The summed E-state index contributed by atoms with van der Waals surface area (Å²) in [6.07, 6.45) is 0. The van der Waals surface area contributed by atoms with E-state index in [9.17, 15) is 23.7 Å². The van der Waals surface area contributed by atoms with E-state index in [2.05, 4.69) is 14.4 Å². The molecule has 12 nitrogen and oxygen atoms in total. The lowest BCUT2D eigenvalue weighted by Gasteiger charge is -2.12. The van der Waals surface area contributed by atoms with Crippen molar-refractivity contribution in [2.75, 3.05) is 32.2 Å². The molecule has 0 bridgehead atoms. The lowest BCUT2D eigenvalue weighted by molar-refractivity contribution is -0.141. The molecule has 0 saturated carbocycles. The number of aliphatic hydroxyl groups excluding tert-OH is 1. The molecule has 0 saturated heterocycles. The highest BCUT2D eigenvalue weighted by Gasteiger charge is 2.15. The molecule has 0 fully saturated rings. The Hall–Kier alpha value is -4.14. The molecule has 160 valence electrons. The average molecular weight is 446 g/mol. The molecule has 31 heavy (non-hydrogen) atoms. The van der Waals surface area contributed by atoms with Gasteiger partial charge in [-0.2, -0.15) is 8.42 Å². The first-order valence-corrected chi connectivity index (χ1v) is 9.76. The van der Waals surface area contributed by atoms with Gasteiger partial charge in [0.15, 0.2) is 5.75 Å². The molecular weight excluding hydrogens is 432 g/mol. The second-order valence-corrected chi connectivity index (χ2v) is 6.81. The molecule has 1 rings (SSSR count). The van der Waals surface area contributed by atoms with Crippen LogP contribution in [-0.4, -0.2) is 56.2 Å². The highest BCUT2D eigenvalue weighted by Crippen LogP contribution is 2.12. The topological polar surface area (TPSA) is 176 Å². The van der Waals surface area contributed by atoms with Gasteiger partial charge in [-0.25, -0.2) is 20.2 Å². The van der Waals surface area contributed by atoms with Gasteiger partial charge in [-0.05, 0) is 12.1 Å². The Balaban J connectivity index is 3.39. The van der Waals surface area contributed by atoms with Gasteiger partial charge < -0.3 is 19.3 Å². The van der Waals surface area contributed by atoms with E-state index < -0.39 is 34.1 Å². The number of benzene rings is 1. The number of nitrogens with zero attached hydrogens (tertiary/aromatic N) is 4. The summed E-state index contributed by atoms with van der Waals surface area (Å²) in [5.41, 5.74) is -0.787. The third kappa shape index (κ3) is 7.65. The average Bonchev–Trinajstić information content (AvgIpc) is 2.71. The number of carbonyl (C=O) groups is 1. The first-order chi connectivity index (χ1) is 14.7. The Morgan fingerprint density at radius 2 is 1.48 bits per heavy atom. The van der Waals surface area contributed by atoms with Gasteiger partial charge in [0, 0.05) is 10.4 Å². The zero-order valence-electron chi connectivity index (χ0n) is 15.7. The van der Waals surface area contributed by atoms with Crippen molar-refractivity contribution in [2.24, 2.45) is 0 Å². The van der Waals surface area contributed by atoms with Crippen LogP contribution in [0.2, 0.25) is 0 Å². The number of aliphatic hydroxyl groups is 1. The van der Waals surface area contributed by atoms with E-state index >= 15 is 0 Å². The highest BCUT2D eigenvalue weighted by atomic mass is 32.2. The van der Waals surface area contributed by atoms with Gasteiger partial charge >= 0.3 is 5.97 Å². The summed E-state index contributed by atoms with van der Waals surface area (Å²) in [5, 5.41) is 27.3. The van der Waals surface area contributed by atoms with Crippen molar-refractivity contribution in [1.82, 2.24) is 0 Å². The van der Waals surface area contributed by atoms with Gasteiger partial charge in [-0.3, -0.25) is 9.35 Å². The fourth-order valence-corrected chi connectivity index (χ4v) is 2.49. The van der Waals surface area contributed by atoms with Crippen molar-refractivity contribution in [3.05, 3.63) is 45.4 Å². The summed E-state index contributed by atoms with van der Waals surface area (Å²) in [5.74, 6) is -2.62. The Bertz CT molecular complexity index is 1210. The van der Waals surface area contributed by atoms with Gasteiger partial charge in [-0.1, -0.05) is 0 Å². The number of hydrogen-bond donors (Lipinski definition) is 2. The van der Waals surface area contributed by atoms with E-state index in [1.54, 1.807) is 12.1 Å². The SMILES string of the molecule is [C-]#[N+]/C(C#N)=c1/cc(OCCOC(=O)CS(=O)(=O)O)/c(=C(\C#N)[N+]#[C-])cc1OCCO. The van der Waals surface area contributed by atoms with Crippen molar-refractivity contribution in [3.8, 4) is 23.6 Å². The molecule has 0 aromatic heterocycles. The number of nitriles is 2. The number of ether oxygens (including phenoxy) is 3. The number of hydrogen-bond acceptors (Lipinski definition) is 9. The van der Waals surface area contributed by atoms with Crippen LogP contribution in [0, 0.1) is 35.8 Å². The van der Waals surface area contributed by atoms with Crippen LogP contribution in [0.15, 0.2) is 12.1 Å². The molecule has 0 spiro atoms. The highest BCUT2D eigenvalue weighted by molar-refractivity contribution is 7.86. The molecule has 0 aliphatic rings. The Morgan fingerprint density at radius 1 is 1.00 bits per heavy atom. The largest absolute Gasteiger partial charge is 0.492 e. The summed E-state index contributed by atoms with van der Waals surface area (Å²) >= 11 is 0. The molecule has 2 N–H and O–H groups in total. The predicted octanol–water partition coefficient (Wildman–Crippen LogP) is -1.03. The molecule has 0 amide bonds. The van der Waals surface area contributed by atoms with Crippen LogP contribution >= 0.6 is 0 Å². The fourth-order valence-electron chi connectivity index (χ4n) is 2.11. The minimum absolute atomic E-state index is 0.0182.